The Balaban J connectivity index is -0.0000000379. The third kappa shape index (κ3) is 66.1. The fourth-order valence-electron chi connectivity index (χ4n) is 0.469. The molecule has 0 spiro atoms. The Hall–Kier alpha value is -0.470. The first-order chi connectivity index (χ1) is 8.14. The molecule has 0 heterocycles. The topological polar surface area (TPSA) is 51.0 Å². The zero-order chi connectivity index (χ0) is 15.2. The predicted molar refractivity (Wildman–Crippen MR) is 105 cm³/mol. The van der Waals surface area contributed by atoms with Crippen molar-refractivity contribution in [2.24, 2.45) is 9.98 Å². The van der Waals surface area contributed by atoms with Gasteiger partial charge in [-0.1, -0.05) is 29.2 Å². The number of aliphatic imine (C=N–C) groups is 2. The van der Waals surface area contributed by atoms with Crippen molar-refractivity contribution in [1.82, 2.24) is 0 Å². The number of nitrogens with zero attached hydrogens (tertiary/aromatic N) is 2. The van der Waals surface area contributed by atoms with E-state index in [1.807, 2.05) is 34.7 Å². The van der Waals surface area contributed by atoms with Crippen LogP contribution < -0.4 is 0 Å². The summed E-state index contributed by atoms with van der Waals surface area (Å²) in [5.41, 5.74) is 2.35. The van der Waals surface area contributed by atoms with E-state index in [0.29, 0.717) is 6.61 Å². The fraction of sp³-hybridized carbons (Fsp3) is 0.875. The molecule has 0 fully saturated rings. The lowest BCUT2D eigenvalue weighted by Gasteiger charge is -2.02. The lowest BCUT2D eigenvalue weighted by molar-refractivity contribution is 0.341. The van der Waals surface area contributed by atoms with Crippen molar-refractivity contribution in [2.75, 3.05) is 34.0 Å². The molecule has 0 atom stereocenters. The van der Waals surface area contributed by atoms with Gasteiger partial charge in [0.25, 0.3) is 0 Å². The van der Waals surface area contributed by atoms with Gasteiger partial charge in [-0.15, -0.1) is 0 Å². The molecular weight excluding hydrogens is 283 g/mol. The molecule has 0 amide bonds. The van der Waals surface area contributed by atoms with Crippen LogP contribution in [0, 0.1) is 0 Å². The summed E-state index contributed by atoms with van der Waals surface area (Å²) in [7, 11) is 1.44. The molecule has 0 N–H and O–H groups in total. The number of rotatable bonds is 3. The smallest absolute Gasteiger partial charge is 0.197 e. The minimum Gasteiger partial charge on any atom is -0.329 e. The van der Waals surface area contributed by atoms with E-state index in [0.717, 1.165) is 12.1 Å². The van der Waals surface area contributed by atoms with E-state index in [1.165, 1.54) is 5.71 Å². The normalized spacial score (nSPS) is 9.10. The van der Waals surface area contributed by atoms with Crippen LogP contribution in [-0.4, -0.2) is 45.5 Å². The van der Waals surface area contributed by atoms with Crippen molar-refractivity contribution in [3.63, 3.8) is 0 Å². The Morgan fingerprint density at radius 1 is 0.952 bits per heavy atom. The highest BCUT2D eigenvalue weighted by molar-refractivity contribution is 7.57. The first-order valence-electron chi connectivity index (χ1n) is 6.16. The zero-order valence-electron chi connectivity index (χ0n) is 13.6. The van der Waals surface area contributed by atoms with Gasteiger partial charge in [0.15, 0.2) is 7.37 Å². The molecule has 4 nitrogen and oxygen atoms in total. The van der Waals surface area contributed by atoms with Gasteiger partial charge < -0.3 is 4.52 Å². The van der Waals surface area contributed by atoms with E-state index in [9.17, 15) is 4.57 Å². The van der Waals surface area contributed by atoms with Gasteiger partial charge >= 0.3 is 0 Å². The average molecular weight is 327 g/mol. The molecule has 21 heavy (non-hydrogen) atoms. The van der Waals surface area contributed by atoms with Crippen LogP contribution in [0.5, 0.6) is 0 Å². The molecule has 0 radical (unpaired) electrons. The van der Waals surface area contributed by atoms with Gasteiger partial charge in [0, 0.05) is 38.8 Å². The van der Waals surface area contributed by atoms with Gasteiger partial charge in [-0.25, -0.2) is 0 Å². The molecule has 0 rings (SSSR count). The maximum Gasteiger partial charge on any atom is 0.197 e. The van der Waals surface area contributed by atoms with Crippen LogP contribution in [0.15, 0.2) is 9.98 Å². The molecule has 134 valence electrons. The number of hydrogen-bond donors (Lipinski definition) is 0. The zero-order valence-corrected chi connectivity index (χ0v) is 14.5. The highest BCUT2D eigenvalue weighted by Gasteiger charge is 2.02. The van der Waals surface area contributed by atoms with Crippen molar-refractivity contribution in [3.8, 4) is 0 Å². The summed E-state index contributed by atoms with van der Waals surface area (Å²) in [5.74, 6) is 0. The summed E-state index contributed by atoms with van der Waals surface area (Å²) < 4.78 is 15.4. The van der Waals surface area contributed by atoms with Gasteiger partial charge in [0.2, 0.25) is 0 Å². The van der Waals surface area contributed by atoms with Gasteiger partial charge in [0.1, 0.15) is 0 Å². The summed E-state index contributed by atoms with van der Waals surface area (Å²) in [6, 6.07) is 0. The quantitative estimate of drug-likeness (QED) is 0.468. The highest BCUT2D eigenvalue weighted by atomic mass is 31.2. The molecule has 5 heteroatoms. The van der Waals surface area contributed by atoms with E-state index in [4.69, 9.17) is 4.52 Å². The number of hydrogen-bond acceptors (Lipinski definition) is 4. The average Bonchev–Trinajstić information content (AvgIpc) is 2.28. The molecule has 0 aliphatic carbocycles. The van der Waals surface area contributed by atoms with Gasteiger partial charge in [-0.3, -0.25) is 14.5 Å². The third-order valence-corrected chi connectivity index (χ3v) is 2.66. The standard InChI is InChI=1S/C5H11N.C4H9N.C4H11O2P.3CH4/c1-4-5(2)6-3;1-4(2)5-3;1-4-6-7(2,3)5;;;/h4H2,1-3H3;1-3H3;4H2,1-3H3;3*1H4. The molecule has 0 bridgehead atoms. The SMILES string of the molecule is C.C.C.CCC(C)=NC.CCOP(C)(C)=O.CN=C(C)C. The van der Waals surface area contributed by atoms with Crippen LogP contribution in [0.25, 0.3) is 0 Å². The molecule has 0 aromatic heterocycles. The second-order valence-corrected chi connectivity index (χ2v) is 6.92. The maximum atomic E-state index is 10.6. The predicted octanol–water partition coefficient (Wildman–Crippen LogP) is 6.05. The fourth-order valence-corrected chi connectivity index (χ4v) is 1.09. The minimum atomic E-state index is -2.17. The highest BCUT2D eigenvalue weighted by Crippen LogP contribution is 2.36. The second kappa shape index (κ2) is 24.5. The summed E-state index contributed by atoms with van der Waals surface area (Å²) >= 11 is 0. The van der Waals surface area contributed by atoms with Crippen molar-refractivity contribution >= 4 is 18.8 Å². The third-order valence-electron chi connectivity index (χ3n) is 1.78. The summed E-state index contributed by atoms with van der Waals surface area (Å²) in [6.07, 6.45) is 1.08. The summed E-state index contributed by atoms with van der Waals surface area (Å²) in [4.78, 5) is 7.73. The largest absolute Gasteiger partial charge is 0.329 e. The Bertz CT molecular complexity index is 278. The molecule has 0 aromatic carbocycles. The molecule has 0 saturated heterocycles. The molecule has 0 unspecified atom stereocenters. The van der Waals surface area contributed by atoms with E-state index in [2.05, 4.69) is 16.9 Å². The Morgan fingerprint density at radius 2 is 1.29 bits per heavy atom. The molecule has 0 aliphatic rings. The lowest BCUT2D eigenvalue weighted by atomic mass is 10.3. The lowest BCUT2D eigenvalue weighted by Crippen LogP contribution is -1.83. The van der Waals surface area contributed by atoms with E-state index < -0.39 is 7.37 Å². The summed E-state index contributed by atoms with van der Waals surface area (Å²) in [5, 5.41) is 0. The van der Waals surface area contributed by atoms with Crippen LogP contribution in [0.1, 0.15) is 63.3 Å². The van der Waals surface area contributed by atoms with E-state index >= 15 is 0 Å². The van der Waals surface area contributed by atoms with Crippen LogP contribution in [0.2, 0.25) is 0 Å². The van der Waals surface area contributed by atoms with Crippen LogP contribution >= 0.6 is 7.37 Å². The van der Waals surface area contributed by atoms with Crippen molar-refractivity contribution in [3.05, 3.63) is 0 Å². The first-order valence-corrected chi connectivity index (χ1v) is 8.68. The minimum absolute atomic E-state index is 0. The first kappa shape index (κ1) is 37.1. The molecule has 0 aromatic rings. The summed E-state index contributed by atoms with van der Waals surface area (Å²) in [6.45, 7) is 13.7. The van der Waals surface area contributed by atoms with Crippen LogP contribution in [0.3, 0.4) is 0 Å². The van der Waals surface area contributed by atoms with Gasteiger partial charge in [0.05, 0.1) is 6.61 Å². The van der Waals surface area contributed by atoms with E-state index in [1.54, 1.807) is 20.4 Å². The van der Waals surface area contributed by atoms with Crippen molar-refractivity contribution in [1.29, 1.82) is 0 Å². The van der Waals surface area contributed by atoms with E-state index in [-0.39, 0.29) is 22.3 Å². The molecule has 0 saturated carbocycles. The second-order valence-electron chi connectivity index (χ2n) is 4.15. The monoisotopic (exact) mass is 326 g/mol. The molecular formula is C16H43N2O2P. The Kier molecular flexibility index (Phi) is 43.3. The van der Waals surface area contributed by atoms with Crippen molar-refractivity contribution in [2.45, 2.75) is 63.3 Å². The Morgan fingerprint density at radius 3 is 1.29 bits per heavy atom. The van der Waals surface area contributed by atoms with Gasteiger partial charge in [-0.2, -0.15) is 0 Å². The van der Waals surface area contributed by atoms with Crippen LogP contribution in [-0.2, 0) is 9.09 Å². The Labute approximate surface area is 136 Å². The van der Waals surface area contributed by atoms with Crippen LogP contribution in [0.4, 0.5) is 0 Å². The molecule has 0 aliphatic heterocycles. The maximum absolute atomic E-state index is 10.6. The van der Waals surface area contributed by atoms with Gasteiger partial charge in [-0.05, 0) is 34.1 Å². The van der Waals surface area contributed by atoms with Crippen molar-refractivity contribution < 1.29 is 9.09 Å².